The molecule has 1 amide bonds. The van der Waals surface area contributed by atoms with Gasteiger partial charge in [-0.25, -0.2) is 9.78 Å². The van der Waals surface area contributed by atoms with Crippen LogP contribution in [0.3, 0.4) is 0 Å². The fraction of sp³-hybridized carbons (Fsp3) is 0.619. The van der Waals surface area contributed by atoms with E-state index in [0.717, 1.165) is 29.6 Å². The maximum absolute atomic E-state index is 11.8. The molecule has 0 atom stereocenters. The Bertz CT molecular complexity index is 730. The van der Waals surface area contributed by atoms with Crippen LogP contribution in [-0.4, -0.2) is 26.4 Å². The third kappa shape index (κ3) is 7.21. The number of nitrogens with zero attached hydrogens (tertiary/aromatic N) is 2. The highest BCUT2D eigenvalue weighted by Gasteiger charge is 2.16. The number of aliphatic hydroxyl groups is 1. The molecule has 0 saturated carbocycles. The van der Waals surface area contributed by atoms with Crippen LogP contribution in [0.15, 0.2) is 18.2 Å². The van der Waals surface area contributed by atoms with Crippen LogP contribution in [0, 0.1) is 5.92 Å². The molecule has 0 fully saturated rings. The van der Waals surface area contributed by atoms with Gasteiger partial charge in [0.1, 0.15) is 18.0 Å². The third-order valence-electron chi connectivity index (χ3n) is 3.80. The molecule has 0 spiro atoms. The number of rotatable bonds is 6. The van der Waals surface area contributed by atoms with Crippen molar-refractivity contribution in [1.29, 1.82) is 0 Å². The van der Waals surface area contributed by atoms with E-state index in [1.165, 1.54) is 0 Å². The van der Waals surface area contributed by atoms with Crippen molar-refractivity contribution in [2.75, 3.05) is 0 Å². The summed E-state index contributed by atoms with van der Waals surface area (Å²) < 4.78 is 7.31. The highest BCUT2D eigenvalue weighted by Crippen LogP contribution is 2.20. The lowest BCUT2D eigenvalue weighted by atomic mass is 10.1. The summed E-state index contributed by atoms with van der Waals surface area (Å²) in [7, 11) is 0. The number of ether oxygens (including phenoxy) is 1. The van der Waals surface area contributed by atoms with E-state index < -0.39 is 11.7 Å². The van der Waals surface area contributed by atoms with Crippen LogP contribution in [0.4, 0.5) is 4.79 Å². The van der Waals surface area contributed by atoms with Crippen molar-refractivity contribution in [3.05, 3.63) is 29.6 Å². The Labute approximate surface area is 162 Å². The predicted molar refractivity (Wildman–Crippen MR) is 110 cm³/mol. The molecule has 0 aliphatic rings. The van der Waals surface area contributed by atoms with Gasteiger partial charge in [0.05, 0.1) is 11.0 Å². The van der Waals surface area contributed by atoms with Gasteiger partial charge in [-0.2, -0.15) is 0 Å². The van der Waals surface area contributed by atoms with E-state index in [1.54, 1.807) is 0 Å². The molecule has 0 unspecified atom stereocenters. The first-order valence-electron chi connectivity index (χ1n) is 9.75. The summed E-state index contributed by atoms with van der Waals surface area (Å²) in [5, 5.41) is 12.3. The second-order valence-electron chi connectivity index (χ2n) is 7.70. The summed E-state index contributed by atoms with van der Waals surface area (Å²) in [6.45, 7) is 15.0. The number of aromatic nitrogens is 2. The lowest BCUT2D eigenvalue weighted by Crippen LogP contribution is -2.32. The number of alkyl carbamates (subject to hydrolysis) is 1. The van der Waals surface area contributed by atoms with Crippen molar-refractivity contribution < 1.29 is 14.6 Å². The molecule has 6 heteroatoms. The number of fused-ring (bicyclic) bond motifs is 1. The molecule has 152 valence electrons. The first-order valence-corrected chi connectivity index (χ1v) is 9.75. The highest BCUT2D eigenvalue weighted by atomic mass is 16.6. The van der Waals surface area contributed by atoms with Gasteiger partial charge in [0.25, 0.3) is 0 Å². The summed E-state index contributed by atoms with van der Waals surface area (Å²) in [5.41, 5.74) is 2.26. The fourth-order valence-corrected chi connectivity index (χ4v) is 2.58. The summed E-state index contributed by atoms with van der Waals surface area (Å²) in [6, 6.07) is 5.90. The summed E-state index contributed by atoms with van der Waals surface area (Å²) in [4.78, 5) is 16.3. The number of carbonyl (C=O) groups excluding carboxylic acids is 1. The van der Waals surface area contributed by atoms with Gasteiger partial charge in [0, 0.05) is 13.1 Å². The van der Waals surface area contributed by atoms with Gasteiger partial charge >= 0.3 is 6.09 Å². The van der Waals surface area contributed by atoms with Gasteiger partial charge in [0.2, 0.25) is 0 Å². The zero-order valence-corrected chi connectivity index (χ0v) is 17.8. The van der Waals surface area contributed by atoms with Crippen LogP contribution in [0.25, 0.3) is 11.0 Å². The number of nitrogens with one attached hydrogen (secondary N) is 1. The monoisotopic (exact) mass is 377 g/mol. The van der Waals surface area contributed by atoms with Crippen LogP contribution >= 0.6 is 0 Å². The van der Waals surface area contributed by atoms with Crippen molar-refractivity contribution in [3.8, 4) is 0 Å². The van der Waals surface area contributed by atoms with Gasteiger partial charge in [-0.3, -0.25) is 0 Å². The van der Waals surface area contributed by atoms with Crippen molar-refractivity contribution >= 4 is 17.1 Å². The topological polar surface area (TPSA) is 76.4 Å². The normalized spacial score (nSPS) is 11.3. The van der Waals surface area contributed by atoms with Gasteiger partial charge in [-0.1, -0.05) is 33.8 Å². The van der Waals surface area contributed by atoms with Gasteiger partial charge in [-0.05, 0) is 50.8 Å². The zero-order chi connectivity index (χ0) is 20.6. The lowest BCUT2D eigenvalue weighted by Gasteiger charge is -2.19. The van der Waals surface area contributed by atoms with Crippen molar-refractivity contribution in [2.45, 2.75) is 80.2 Å². The molecule has 2 aromatic rings. The number of aryl methyl sites for hydroxylation is 1. The zero-order valence-electron chi connectivity index (χ0n) is 17.8. The fourth-order valence-electron chi connectivity index (χ4n) is 2.58. The molecule has 1 aromatic carbocycles. The number of hydrogen-bond donors (Lipinski definition) is 2. The van der Waals surface area contributed by atoms with E-state index in [2.05, 4.69) is 28.7 Å². The second kappa shape index (κ2) is 10.3. The molecule has 1 heterocycles. The maximum atomic E-state index is 11.8. The van der Waals surface area contributed by atoms with Gasteiger partial charge in [-0.15, -0.1) is 0 Å². The smallest absolute Gasteiger partial charge is 0.407 e. The van der Waals surface area contributed by atoms with Crippen LogP contribution in [0.1, 0.15) is 66.3 Å². The minimum atomic E-state index is -0.515. The van der Waals surface area contributed by atoms with E-state index >= 15 is 0 Å². The first kappa shape index (κ1) is 23.0. The molecule has 2 rings (SSSR count). The molecule has 6 nitrogen and oxygen atoms in total. The molecule has 0 saturated heterocycles. The molecular formula is C21H35N3O3. The summed E-state index contributed by atoms with van der Waals surface area (Å²) >= 11 is 0. The molecule has 0 bridgehead atoms. The number of carbonyl (C=O) groups is 1. The van der Waals surface area contributed by atoms with E-state index in [0.29, 0.717) is 18.3 Å². The van der Waals surface area contributed by atoms with E-state index in [4.69, 9.17) is 4.74 Å². The SMILES string of the molecule is CC.CC(C)CCn1c(CO)nc2cc(CNC(=O)OC(C)(C)C)ccc21. The Hall–Kier alpha value is -2.08. The maximum Gasteiger partial charge on any atom is 0.407 e. The van der Waals surface area contributed by atoms with Gasteiger partial charge < -0.3 is 19.7 Å². The average Bonchev–Trinajstić information content (AvgIpc) is 2.95. The van der Waals surface area contributed by atoms with Crippen LogP contribution < -0.4 is 5.32 Å². The molecule has 0 radical (unpaired) electrons. The quantitative estimate of drug-likeness (QED) is 0.770. The number of imidazole rings is 1. The molecule has 0 aliphatic carbocycles. The van der Waals surface area contributed by atoms with Crippen LogP contribution in [0.2, 0.25) is 0 Å². The number of aliphatic hydroxyl groups excluding tert-OH is 1. The Morgan fingerprint density at radius 2 is 1.96 bits per heavy atom. The number of hydrogen-bond acceptors (Lipinski definition) is 4. The largest absolute Gasteiger partial charge is 0.444 e. The Balaban J connectivity index is 0.00000176. The number of amides is 1. The Morgan fingerprint density at radius 1 is 1.30 bits per heavy atom. The van der Waals surface area contributed by atoms with Gasteiger partial charge in [0.15, 0.2) is 0 Å². The minimum absolute atomic E-state index is 0.0851. The molecule has 27 heavy (non-hydrogen) atoms. The molecule has 1 aromatic heterocycles. The van der Waals surface area contributed by atoms with E-state index in [1.807, 2.05) is 52.8 Å². The summed E-state index contributed by atoms with van der Waals surface area (Å²) in [5.74, 6) is 1.26. The molecular weight excluding hydrogens is 342 g/mol. The lowest BCUT2D eigenvalue weighted by molar-refractivity contribution is 0.0523. The Kier molecular flexibility index (Phi) is 8.76. The molecule has 2 N–H and O–H groups in total. The van der Waals surface area contributed by atoms with Crippen molar-refractivity contribution in [1.82, 2.24) is 14.9 Å². The van der Waals surface area contributed by atoms with E-state index in [9.17, 15) is 9.90 Å². The number of benzene rings is 1. The highest BCUT2D eigenvalue weighted by molar-refractivity contribution is 5.77. The average molecular weight is 378 g/mol. The van der Waals surface area contributed by atoms with Crippen LogP contribution in [-0.2, 0) is 24.4 Å². The van der Waals surface area contributed by atoms with Crippen LogP contribution in [0.5, 0.6) is 0 Å². The van der Waals surface area contributed by atoms with E-state index in [-0.39, 0.29) is 6.61 Å². The second-order valence-corrected chi connectivity index (χ2v) is 7.70. The minimum Gasteiger partial charge on any atom is -0.444 e. The standard InChI is InChI=1S/C19H29N3O3.C2H6/c1-13(2)8-9-22-16-7-6-14(10-15(16)21-17(22)12-23)11-20-18(24)25-19(3,4)5;1-2/h6-7,10,13,23H,8-9,11-12H2,1-5H3,(H,20,24);1-2H3. The van der Waals surface area contributed by atoms with Crippen molar-refractivity contribution in [3.63, 3.8) is 0 Å². The predicted octanol–water partition coefficient (Wildman–Crippen LogP) is 4.63. The third-order valence-corrected chi connectivity index (χ3v) is 3.80. The first-order chi connectivity index (χ1) is 12.7. The summed E-state index contributed by atoms with van der Waals surface area (Å²) in [6.07, 6.45) is 0.589. The molecule has 0 aliphatic heterocycles. The Morgan fingerprint density at radius 3 is 2.52 bits per heavy atom. The van der Waals surface area contributed by atoms with Crippen molar-refractivity contribution in [2.24, 2.45) is 5.92 Å².